The van der Waals surface area contributed by atoms with Gasteiger partial charge in [0.1, 0.15) is 11.5 Å². The molecule has 0 aliphatic carbocycles. The molecule has 106 valence electrons. The van der Waals surface area contributed by atoms with Gasteiger partial charge in [-0.05, 0) is 47.1 Å². The van der Waals surface area contributed by atoms with Crippen LogP contribution in [0.15, 0.2) is 54.6 Å². The number of fused-ring (bicyclic) bond motifs is 1. The third-order valence-corrected chi connectivity index (χ3v) is 3.89. The van der Waals surface area contributed by atoms with Crippen molar-refractivity contribution in [2.24, 2.45) is 0 Å². The van der Waals surface area contributed by atoms with Crippen LogP contribution in [0.3, 0.4) is 0 Å². The van der Waals surface area contributed by atoms with Gasteiger partial charge in [0, 0.05) is 5.39 Å². The first kappa shape index (κ1) is 13.5. The summed E-state index contributed by atoms with van der Waals surface area (Å²) in [6, 6.07) is 17.3. The van der Waals surface area contributed by atoms with E-state index in [0.29, 0.717) is 5.75 Å². The molecule has 21 heavy (non-hydrogen) atoms. The summed E-state index contributed by atoms with van der Waals surface area (Å²) in [5.41, 5.74) is 3.32. The Labute approximate surface area is 124 Å². The molecular formula is C19H18O2. The van der Waals surface area contributed by atoms with Crippen molar-refractivity contribution in [3.05, 3.63) is 71.3 Å². The summed E-state index contributed by atoms with van der Waals surface area (Å²) in [5, 5.41) is 21.7. The van der Waals surface area contributed by atoms with E-state index in [1.165, 1.54) is 5.56 Å². The monoisotopic (exact) mass is 278 g/mol. The number of hydrogen-bond donors (Lipinski definition) is 2. The van der Waals surface area contributed by atoms with Gasteiger partial charge in [0.05, 0.1) is 0 Å². The predicted octanol–water partition coefficient (Wildman–Crippen LogP) is 4.40. The Balaban J connectivity index is 2.13. The molecule has 0 unspecified atom stereocenters. The second kappa shape index (κ2) is 5.49. The molecule has 0 aliphatic heterocycles. The largest absolute Gasteiger partial charge is 0.508 e. The highest BCUT2D eigenvalue weighted by Gasteiger charge is 2.10. The van der Waals surface area contributed by atoms with Crippen molar-refractivity contribution >= 4 is 10.8 Å². The predicted molar refractivity (Wildman–Crippen MR) is 85.9 cm³/mol. The van der Waals surface area contributed by atoms with Gasteiger partial charge in [0.2, 0.25) is 0 Å². The molecule has 0 heterocycles. The average molecular weight is 278 g/mol. The SMILES string of the molecule is CCc1cc(Cc2ccc(O)cc2)c2ccccc2c1O. The number of aromatic hydroxyl groups is 2. The van der Waals surface area contributed by atoms with Crippen LogP contribution >= 0.6 is 0 Å². The van der Waals surface area contributed by atoms with Crippen LogP contribution in [0.25, 0.3) is 10.8 Å². The van der Waals surface area contributed by atoms with Gasteiger partial charge in [-0.3, -0.25) is 0 Å². The molecule has 0 atom stereocenters. The fourth-order valence-electron chi connectivity index (χ4n) is 2.75. The van der Waals surface area contributed by atoms with Crippen LogP contribution in [-0.2, 0) is 12.8 Å². The Hall–Kier alpha value is -2.48. The van der Waals surface area contributed by atoms with Crippen LogP contribution in [0.2, 0.25) is 0 Å². The molecule has 3 rings (SSSR count). The van der Waals surface area contributed by atoms with Crippen molar-refractivity contribution < 1.29 is 10.2 Å². The smallest absolute Gasteiger partial charge is 0.126 e. The van der Waals surface area contributed by atoms with Crippen LogP contribution in [0.4, 0.5) is 0 Å². The van der Waals surface area contributed by atoms with E-state index in [0.717, 1.165) is 34.7 Å². The van der Waals surface area contributed by atoms with Crippen LogP contribution in [0.5, 0.6) is 11.5 Å². The number of phenols is 2. The van der Waals surface area contributed by atoms with Crippen molar-refractivity contribution in [3.8, 4) is 11.5 Å². The van der Waals surface area contributed by atoms with E-state index in [-0.39, 0.29) is 5.75 Å². The second-order valence-corrected chi connectivity index (χ2v) is 5.29. The zero-order valence-electron chi connectivity index (χ0n) is 12.0. The average Bonchev–Trinajstić information content (AvgIpc) is 2.52. The molecule has 0 aliphatic rings. The Bertz CT molecular complexity index is 773. The number of aryl methyl sites for hydroxylation is 1. The first-order valence-corrected chi connectivity index (χ1v) is 7.19. The quantitative estimate of drug-likeness (QED) is 0.745. The van der Waals surface area contributed by atoms with Crippen molar-refractivity contribution in [1.29, 1.82) is 0 Å². The maximum atomic E-state index is 10.3. The summed E-state index contributed by atoms with van der Waals surface area (Å²) < 4.78 is 0. The van der Waals surface area contributed by atoms with Gasteiger partial charge >= 0.3 is 0 Å². The highest BCUT2D eigenvalue weighted by atomic mass is 16.3. The van der Waals surface area contributed by atoms with E-state index in [4.69, 9.17) is 0 Å². The third-order valence-electron chi connectivity index (χ3n) is 3.89. The topological polar surface area (TPSA) is 40.5 Å². The summed E-state index contributed by atoms with van der Waals surface area (Å²) in [7, 11) is 0. The number of hydrogen-bond acceptors (Lipinski definition) is 2. The van der Waals surface area contributed by atoms with E-state index < -0.39 is 0 Å². The van der Waals surface area contributed by atoms with Gasteiger partial charge in [-0.1, -0.05) is 49.4 Å². The van der Waals surface area contributed by atoms with Gasteiger partial charge in [0.15, 0.2) is 0 Å². The molecule has 3 aromatic carbocycles. The summed E-state index contributed by atoms with van der Waals surface area (Å²) in [5.74, 6) is 0.672. The molecule has 2 nitrogen and oxygen atoms in total. The molecule has 2 N–H and O–H groups in total. The van der Waals surface area contributed by atoms with E-state index in [2.05, 4.69) is 6.07 Å². The van der Waals surface area contributed by atoms with E-state index in [1.54, 1.807) is 12.1 Å². The van der Waals surface area contributed by atoms with Crippen LogP contribution in [0, 0.1) is 0 Å². The van der Waals surface area contributed by atoms with Crippen molar-refractivity contribution in [2.75, 3.05) is 0 Å². The van der Waals surface area contributed by atoms with Crippen LogP contribution in [0.1, 0.15) is 23.6 Å². The van der Waals surface area contributed by atoms with Gasteiger partial charge in [-0.15, -0.1) is 0 Å². The van der Waals surface area contributed by atoms with E-state index in [1.807, 2.05) is 43.3 Å². The van der Waals surface area contributed by atoms with Gasteiger partial charge in [0.25, 0.3) is 0 Å². The lowest BCUT2D eigenvalue weighted by Gasteiger charge is -2.12. The van der Waals surface area contributed by atoms with Crippen molar-refractivity contribution in [3.63, 3.8) is 0 Å². The normalized spacial score (nSPS) is 10.9. The maximum absolute atomic E-state index is 10.3. The Morgan fingerprint density at radius 2 is 1.48 bits per heavy atom. The highest BCUT2D eigenvalue weighted by Crippen LogP contribution is 2.33. The maximum Gasteiger partial charge on any atom is 0.126 e. The minimum absolute atomic E-state index is 0.281. The first-order chi connectivity index (χ1) is 10.2. The lowest BCUT2D eigenvalue weighted by molar-refractivity contribution is 0.475. The van der Waals surface area contributed by atoms with Gasteiger partial charge in [-0.2, -0.15) is 0 Å². The highest BCUT2D eigenvalue weighted by molar-refractivity contribution is 5.92. The summed E-state index contributed by atoms with van der Waals surface area (Å²) in [4.78, 5) is 0. The zero-order chi connectivity index (χ0) is 14.8. The van der Waals surface area contributed by atoms with Crippen LogP contribution in [-0.4, -0.2) is 10.2 Å². The Kier molecular flexibility index (Phi) is 3.53. The van der Waals surface area contributed by atoms with Gasteiger partial charge < -0.3 is 10.2 Å². The van der Waals surface area contributed by atoms with Crippen molar-refractivity contribution in [1.82, 2.24) is 0 Å². The minimum atomic E-state index is 0.281. The number of phenolic OH excluding ortho intramolecular Hbond substituents is 2. The molecule has 0 bridgehead atoms. The summed E-state index contributed by atoms with van der Waals surface area (Å²) in [6.07, 6.45) is 1.59. The first-order valence-electron chi connectivity index (χ1n) is 7.19. The number of rotatable bonds is 3. The van der Waals surface area contributed by atoms with E-state index in [9.17, 15) is 10.2 Å². The molecule has 0 amide bonds. The second-order valence-electron chi connectivity index (χ2n) is 5.29. The van der Waals surface area contributed by atoms with Gasteiger partial charge in [-0.25, -0.2) is 0 Å². The fraction of sp³-hybridized carbons (Fsp3) is 0.158. The Morgan fingerprint density at radius 1 is 0.810 bits per heavy atom. The van der Waals surface area contributed by atoms with E-state index >= 15 is 0 Å². The molecule has 0 fully saturated rings. The molecule has 0 aromatic heterocycles. The Morgan fingerprint density at radius 3 is 2.14 bits per heavy atom. The number of benzene rings is 3. The fourth-order valence-corrected chi connectivity index (χ4v) is 2.75. The molecule has 2 heteroatoms. The standard InChI is InChI=1S/C19H18O2/c1-2-14-12-15(11-13-7-9-16(20)10-8-13)17-5-3-4-6-18(17)19(14)21/h3-10,12,20-21H,2,11H2,1H3. The molecule has 0 saturated carbocycles. The molecular weight excluding hydrogens is 260 g/mol. The molecule has 0 saturated heterocycles. The third kappa shape index (κ3) is 2.57. The summed E-state index contributed by atoms with van der Waals surface area (Å²) in [6.45, 7) is 2.05. The lowest BCUT2D eigenvalue weighted by Crippen LogP contribution is -1.94. The minimum Gasteiger partial charge on any atom is -0.508 e. The molecule has 3 aromatic rings. The zero-order valence-corrected chi connectivity index (χ0v) is 12.0. The summed E-state index contributed by atoms with van der Waals surface area (Å²) >= 11 is 0. The molecule has 0 spiro atoms. The van der Waals surface area contributed by atoms with Crippen molar-refractivity contribution in [2.45, 2.75) is 19.8 Å². The molecule has 0 radical (unpaired) electrons. The lowest BCUT2D eigenvalue weighted by atomic mass is 9.94. The van der Waals surface area contributed by atoms with Crippen LogP contribution < -0.4 is 0 Å².